The Morgan fingerprint density at radius 3 is 2.87 bits per heavy atom. The van der Waals surface area contributed by atoms with Crippen LogP contribution in [0.3, 0.4) is 0 Å². The van der Waals surface area contributed by atoms with Crippen molar-refractivity contribution in [2.75, 3.05) is 0 Å². The van der Waals surface area contributed by atoms with Gasteiger partial charge in [-0.2, -0.15) is 0 Å². The Hall–Kier alpha value is -0.970. The van der Waals surface area contributed by atoms with E-state index in [0.29, 0.717) is 5.02 Å². The monoisotopic (exact) mass is 239 g/mol. The zero-order valence-electron chi connectivity index (χ0n) is 8.14. The maximum Gasteiger partial charge on any atom is 0.0776 e. The molecule has 3 nitrogen and oxygen atoms in total. The molecule has 0 aliphatic carbocycles. The van der Waals surface area contributed by atoms with Crippen molar-refractivity contribution in [1.82, 2.24) is 9.59 Å². The lowest BCUT2D eigenvalue weighted by molar-refractivity contribution is 0.874. The van der Waals surface area contributed by atoms with Gasteiger partial charge in [-0.25, -0.2) is 0 Å². The number of aryl methyl sites for hydroxylation is 1. The summed E-state index contributed by atoms with van der Waals surface area (Å²) in [7, 11) is 0. The number of aromatic nitrogens is 2. The lowest BCUT2D eigenvalue weighted by Crippen LogP contribution is -2.11. The highest BCUT2D eigenvalue weighted by Crippen LogP contribution is 2.25. The first-order valence-electron chi connectivity index (χ1n) is 4.48. The van der Waals surface area contributed by atoms with Crippen LogP contribution in [0, 0.1) is 6.92 Å². The van der Waals surface area contributed by atoms with Crippen LogP contribution in [0.4, 0.5) is 0 Å². The Morgan fingerprint density at radius 1 is 1.47 bits per heavy atom. The molecule has 1 aromatic carbocycles. The summed E-state index contributed by atoms with van der Waals surface area (Å²) in [6.07, 6.45) is 0. The molecule has 1 aromatic heterocycles. The van der Waals surface area contributed by atoms with Crippen molar-refractivity contribution in [3.8, 4) is 0 Å². The fraction of sp³-hybridized carbons (Fsp3) is 0.200. The highest BCUT2D eigenvalue weighted by molar-refractivity contribution is 7.05. The molecule has 0 fully saturated rings. The zero-order valence-corrected chi connectivity index (χ0v) is 9.72. The van der Waals surface area contributed by atoms with E-state index < -0.39 is 0 Å². The molecule has 0 bridgehead atoms. The molecular weight excluding hydrogens is 230 g/mol. The molecule has 2 N–H and O–H groups in total. The van der Waals surface area contributed by atoms with Crippen LogP contribution in [0.1, 0.15) is 22.2 Å². The number of rotatable bonds is 2. The number of hydrogen-bond acceptors (Lipinski definition) is 4. The fourth-order valence-corrected chi connectivity index (χ4v) is 2.25. The largest absolute Gasteiger partial charge is 0.319 e. The lowest BCUT2D eigenvalue weighted by atomic mass is 10.1. The first-order chi connectivity index (χ1) is 7.18. The Labute approximate surface area is 97.1 Å². The number of hydrogen-bond donors (Lipinski definition) is 1. The second-order valence-corrected chi connectivity index (χ2v) is 4.48. The van der Waals surface area contributed by atoms with E-state index in [-0.39, 0.29) is 6.04 Å². The van der Waals surface area contributed by atoms with E-state index in [0.717, 1.165) is 16.1 Å². The highest BCUT2D eigenvalue weighted by Gasteiger charge is 2.14. The van der Waals surface area contributed by atoms with Crippen LogP contribution in [-0.4, -0.2) is 9.59 Å². The Balaban J connectivity index is 2.36. The molecule has 1 heterocycles. The molecule has 0 radical (unpaired) electrons. The Kier molecular flexibility index (Phi) is 3.00. The summed E-state index contributed by atoms with van der Waals surface area (Å²) in [6.45, 7) is 1.91. The van der Waals surface area contributed by atoms with Crippen molar-refractivity contribution < 1.29 is 0 Å². The van der Waals surface area contributed by atoms with E-state index in [4.69, 9.17) is 17.3 Å². The molecule has 0 amide bonds. The van der Waals surface area contributed by atoms with Gasteiger partial charge in [-0.05, 0) is 36.2 Å². The summed E-state index contributed by atoms with van der Waals surface area (Å²) in [5, 5.41) is 4.63. The molecule has 15 heavy (non-hydrogen) atoms. The molecule has 0 spiro atoms. The maximum absolute atomic E-state index is 6.10. The molecule has 5 heteroatoms. The third-order valence-corrected chi connectivity index (χ3v) is 3.32. The van der Waals surface area contributed by atoms with E-state index in [1.807, 2.05) is 31.2 Å². The fourth-order valence-electron chi connectivity index (χ4n) is 1.37. The van der Waals surface area contributed by atoms with Gasteiger partial charge in [0.15, 0.2) is 0 Å². The predicted molar refractivity (Wildman–Crippen MR) is 62.1 cm³/mol. The second-order valence-electron chi connectivity index (χ2n) is 3.26. The van der Waals surface area contributed by atoms with Crippen LogP contribution >= 0.6 is 23.1 Å². The average Bonchev–Trinajstić information content (AvgIpc) is 2.63. The molecule has 1 atom stereocenters. The van der Waals surface area contributed by atoms with Crippen LogP contribution < -0.4 is 5.73 Å². The van der Waals surface area contributed by atoms with Crippen LogP contribution in [-0.2, 0) is 0 Å². The molecule has 78 valence electrons. The number of nitrogens with zero attached hydrogens (tertiary/aromatic N) is 2. The van der Waals surface area contributed by atoms with Gasteiger partial charge in [0, 0.05) is 5.02 Å². The SMILES string of the molecule is Cc1nnsc1C(N)c1cccc(Cl)c1. The van der Waals surface area contributed by atoms with Crippen molar-refractivity contribution in [2.45, 2.75) is 13.0 Å². The Morgan fingerprint density at radius 2 is 2.27 bits per heavy atom. The van der Waals surface area contributed by atoms with Crippen molar-refractivity contribution in [3.63, 3.8) is 0 Å². The van der Waals surface area contributed by atoms with Crippen LogP contribution in [0.15, 0.2) is 24.3 Å². The molecule has 2 aromatic rings. The molecule has 0 aliphatic rings. The lowest BCUT2D eigenvalue weighted by Gasteiger charge is -2.09. The van der Waals surface area contributed by atoms with Gasteiger partial charge in [-0.3, -0.25) is 0 Å². The average molecular weight is 240 g/mol. The molecule has 0 saturated carbocycles. The summed E-state index contributed by atoms with van der Waals surface area (Å²) in [6, 6.07) is 7.35. The van der Waals surface area contributed by atoms with Crippen molar-refractivity contribution in [2.24, 2.45) is 5.73 Å². The minimum atomic E-state index is -0.191. The van der Waals surface area contributed by atoms with Crippen molar-refractivity contribution in [1.29, 1.82) is 0 Å². The van der Waals surface area contributed by atoms with E-state index in [1.165, 1.54) is 11.5 Å². The summed E-state index contributed by atoms with van der Waals surface area (Å²) < 4.78 is 3.87. The molecular formula is C10H10ClN3S. The summed E-state index contributed by atoms with van der Waals surface area (Å²) in [4.78, 5) is 0.984. The molecule has 2 rings (SSSR count). The number of benzene rings is 1. The first-order valence-corrected chi connectivity index (χ1v) is 5.63. The van der Waals surface area contributed by atoms with Gasteiger partial charge >= 0.3 is 0 Å². The van der Waals surface area contributed by atoms with Gasteiger partial charge in [-0.15, -0.1) is 5.10 Å². The minimum absolute atomic E-state index is 0.191. The van der Waals surface area contributed by atoms with Crippen molar-refractivity contribution >= 4 is 23.1 Å². The second kappa shape index (κ2) is 4.26. The van der Waals surface area contributed by atoms with Crippen molar-refractivity contribution in [3.05, 3.63) is 45.4 Å². The van der Waals surface area contributed by atoms with Gasteiger partial charge in [0.2, 0.25) is 0 Å². The number of halogens is 1. The topological polar surface area (TPSA) is 51.8 Å². The van der Waals surface area contributed by atoms with Gasteiger partial charge in [0.05, 0.1) is 16.6 Å². The minimum Gasteiger partial charge on any atom is -0.319 e. The van der Waals surface area contributed by atoms with E-state index >= 15 is 0 Å². The third kappa shape index (κ3) is 2.17. The molecule has 1 unspecified atom stereocenters. The summed E-state index contributed by atoms with van der Waals surface area (Å²) in [5.41, 5.74) is 7.97. The smallest absolute Gasteiger partial charge is 0.0776 e. The van der Waals surface area contributed by atoms with Crippen LogP contribution in [0.5, 0.6) is 0 Å². The van der Waals surface area contributed by atoms with Gasteiger partial charge in [0.25, 0.3) is 0 Å². The first kappa shape index (κ1) is 10.5. The van der Waals surface area contributed by atoms with Gasteiger partial charge in [0.1, 0.15) is 0 Å². The standard InChI is InChI=1S/C10H10ClN3S/c1-6-10(15-14-13-6)9(12)7-3-2-4-8(11)5-7/h2-5,9H,12H2,1H3. The zero-order chi connectivity index (χ0) is 10.8. The Bertz CT molecular complexity index is 469. The quantitative estimate of drug-likeness (QED) is 0.876. The van der Waals surface area contributed by atoms with Gasteiger partial charge < -0.3 is 5.73 Å². The van der Waals surface area contributed by atoms with E-state index in [2.05, 4.69) is 9.59 Å². The molecule has 0 aliphatic heterocycles. The van der Waals surface area contributed by atoms with Crippen LogP contribution in [0.2, 0.25) is 5.02 Å². The summed E-state index contributed by atoms with van der Waals surface area (Å²) >= 11 is 7.24. The summed E-state index contributed by atoms with van der Waals surface area (Å²) in [5.74, 6) is 0. The van der Waals surface area contributed by atoms with E-state index in [1.54, 1.807) is 0 Å². The maximum atomic E-state index is 6.10. The third-order valence-electron chi connectivity index (χ3n) is 2.18. The van der Waals surface area contributed by atoms with Gasteiger partial charge in [-0.1, -0.05) is 28.2 Å². The van der Waals surface area contributed by atoms with E-state index in [9.17, 15) is 0 Å². The normalized spacial score (nSPS) is 12.7. The van der Waals surface area contributed by atoms with Crippen LogP contribution in [0.25, 0.3) is 0 Å². The predicted octanol–water partition coefficient (Wildman–Crippen LogP) is 2.55. The molecule has 0 saturated heterocycles. The number of nitrogens with two attached hydrogens (primary N) is 1. The highest BCUT2D eigenvalue weighted by atomic mass is 35.5.